The quantitative estimate of drug-likeness (QED) is 0.163. The van der Waals surface area contributed by atoms with Crippen molar-refractivity contribution in [3.05, 3.63) is 75.4 Å². The van der Waals surface area contributed by atoms with Crippen molar-refractivity contribution >= 4 is 50.9 Å². The lowest BCUT2D eigenvalue weighted by Crippen LogP contribution is -2.41. The molecule has 10 rings (SSSR count). The van der Waals surface area contributed by atoms with E-state index in [1.807, 2.05) is 17.9 Å². The minimum Gasteiger partial charge on any atom is -0.471 e. The fourth-order valence-electron chi connectivity index (χ4n) is 8.73. The first-order valence-corrected chi connectivity index (χ1v) is 18.4. The molecule has 2 aliphatic carbocycles. The summed E-state index contributed by atoms with van der Waals surface area (Å²) in [6.45, 7) is 0.210. The fourth-order valence-corrected chi connectivity index (χ4v) is 9.13. The summed E-state index contributed by atoms with van der Waals surface area (Å²) >= 11 is 13.1. The Morgan fingerprint density at radius 2 is 2.00 bits per heavy atom. The van der Waals surface area contributed by atoms with Crippen molar-refractivity contribution in [1.29, 1.82) is 5.26 Å². The molecule has 0 radical (unpaired) electrons. The molecule has 5 atom stereocenters. The number of fused-ring (bicyclic) bond motifs is 4. The molecule has 52 heavy (non-hydrogen) atoms. The average Bonchev–Trinajstić information content (AvgIpc) is 3.59. The molecule has 14 heteroatoms. The first kappa shape index (κ1) is 33.5. The minimum atomic E-state index is -2.79. The predicted molar refractivity (Wildman–Crippen MR) is 190 cm³/mol. The number of carbonyl (C=O) groups excluding carboxylic acids is 1. The van der Waals surface area contributed by atoms with Gasteiger partial charge in [0.1, 0.15) is 11.6 Å². The summed E-state index contributed by atoms with van der Waals surface area (Å²) in [5.41, 5.74) is 3.90. The Balaban J connectivity index is 1.24. The molecule has 268 valence electrons. The molecular formula is C38H34Cl2F3N7O2. The molecule has 9 nitrogen and oxygen atoms in total. The van der Waals surface area contributed by atoms with E-state index >= 15 is 4.39 Å². The number of halogens is 5. The maximum absolute atomic E-state index is 17.1. The molecule has 3 saturated heterocycles. The van der Waals surface area contributed by atoms with Gasteiger partial charge in [-0.25, -0.2) is 14.1 Å². The van der Waals surface area contributed by atoms with Crippen LogP contribution in [0.2, 0.25) is 10.0 Å². The maximum atomic E-state index is 17.1. The molecule has 2 saturated carbocycles. The number of carbonyl (C=O) groups is 1. The van der Waals surface area contributed by atoms with Crippen molar-refractivity contribution in [2.24, 2.45) is 11.8 Å². The number of benzene rings is 2. The first-order valence-electron chi connectivity index (χ1n) is 17.6. The van der Waals surface area contributed by atoms with Gasteiger partial charge in [0.25, 0.3) is 0 Å². The van der Waals surface area contributed by atoms with Crippen LogP contribution in [-0.2, 0) is 11.2 Å². The molecule has 3 aromatic heterocycles. The summed E-state index contributed by atoms with van der Waals surface area (Å²) in [5, 5.41) is 19.1. The Kier molecular flexibility index (Phi) is 8.17. The normalized spacial score (nSPS) is 23.9. The van der Waals surface area contributed by atoms with Crippen molar-refractivity contribution < 1.29 is 22.7 Å². The standard InChI is InChI=1S/C38H34Cl2F3N7O2/c1-18-24-15-29(28-14-22(17-48(28)37(51)19-7-8-19)52-30-9-11-49(47-30)38(42)43)50(35-21-13-27(35)45-16-21)36(24)25-12-20(4-3-10-44)31(33(41)34(25)46-18)23-5-2-6-26(39)32(23)40/h2,5-6,9,11-12,15,19,21-22,27-28,35,38,45H,3-4,7-8,13-14,16-17H2,1H3/t21-,22+,27-,28-,35+/m1/s1. The highest BCUT2D eigenvalue weighted by Gasteiger charge is 2.51. The number of nitrogens with one attached hydrogen (secondary N) is 1. The molecule has 3 aliphatic heterocycles. The molecule has 6 heterocycles. The van der Waals surface area contributed by atoms with E-state index in [9.17, 15) is 18.8 Å². The Morgan fingerprint density at radius 1 is 1.17 bits per heavy atom. The number of aryl methyl sites for hydroxylation is 2. The van der Waals surface area contributed by atoms with E-state index in [4.69, 9.17) is 32.9 Å². The summed E-state index contributed by atoms with van der Waals surface area (Å²) in [7, 11) is 0. The lowest BCUT2D eigenvalue weighted by atomic mass is 9.79. The van der Waals surface area contributed by atoms with Gasteiger partial charge in [0.15, 0.2) is 5.82 Å². The number of hydrogen-bond acceptors (Lipinski definition) is 6. The van der Waals surface area contributed by atoms with E-state index in [-0.39, 0.29) is 71.3 Å². The SMILES string of the molecule is Cc1nc2c(F)c(-c3cccc(Cl)c3Cl)c(CCC#N)cc2c2c1cc([C@H]1C[C@H](Oc3ccn(C(F)F)n3)CN1C(=O)C1CC1)n2[C@H]1[C@H]2CN[C@@H]1C2. The third-order valence-electron chi connectivity index (χ3n) is 11.3. The van der Waals surface area contributed by atoms with Gasteiger partial charge in [-0.15, -0.1) is 5.10 Å². The first-order chi connectivity index (χ1) is 25.1. The van der Waals surface area contributed by atoms with Crippen LogP contribution in [0.4, 0.5) is 13.2 Å². The molecule has 0 unspecified atom stereocenters. The highest BCUT2D eigenvalue weighted by molar-refractivity contribution is 6.43. The zero-order valence-corrected chi connectivity index (χ0v) is 29.6. The molecule has 2 bridgehead atoms. The van der Waals surface area contributed by atoms with Crippen molar-refractivity contribution in [3.8, 4) is 23.1 Å². The predicted octanol–water partition coefficient (Wildman–Crippen LogP) is 8.32. The molecular weight excluding hydrogens is 714 g/mol. The van der Waals surface area contributed by atoms with Gasteiger partial charge in [-0.1, -0.05) is 35.3 Å². The number of amides is 1. The second kappa shape index (κ2) is 12.7. The number of nitriles is 1. The van der Waals surface area contributed by atoms with E-state index in [0.29, 0.717) is 44.3 Å². The van der Waals surface area contributed by atoms with E-state index in [0.717, 1.165) is 42.4 Å². The third kappa shape index (κ3) is 5.34. The van der Waals surface area contributed by atoms with Crippen molar-refractivity contribution in [2.75, 3.05) is 13.1 Å². The average molecular weight is 749 g/mol. The summed E-state index contributed by atoms with van der Waals surface area (Å²) in [6.07, 6.45) is 4.23. The van der Waals surface area contributed by atoms with Gasteiger partial charge < -0.3 is 19.5 Å². The number of likely N-dealkylation sites (tertiary alicyclic amines) is 1. The lowest BCUT2D eigenvalue weighted by Gasteiger charge is -2.39. The highest BCUT2D eigenvalue weighted by atomic mass is 35.5. The fraction of sp³-hybridized carbons (Fsp3) is 0.421. The van der Waals surface area contributed by atoms with E-state index in [1.165, 1.54) is 12.3 Å². The number of rotatable bonds is 9. The number of nitrogens with zero attached hydrogens (tertiary/aromatic N) is 6. The summed E-state index contributed by atoms with van der Waals surface area (Å²) < 4.78 is 52.8. The van der Waals surface area contributed by atoms with Crippen molar-refractivity contribution in [3.63, 3.8) is 0 Å². The van der Waals surface area contributed by atoms with Crippen LogP contribution in [0.25, 0.3) is 32.9 Å². The second-order valence-corrected chi connectivity index (χ2v) is 15.2. The summed E-state index contributed by atoms with van der Waals surface area (Å²) in [5.74, 6) is -0.125. The maximum Gasteiger partial charge on any atom is 0.333 e. The number of ether oxygens (including phenoxy) is 1. The summed E-state index contributed by atoms with van der Waals surface area (Å²) in [4.78, 5) is 20.7. The highest BCUT2D eigenvalue weighted by Crippen LogP contribution is 2.51. The van der Waals surface area contributed by atoms with Crippen LogP contribution in [0, 0.1) is 35.9 Å². The van der Waals surface area contributed by atoms with E-state index in [2.05, 4.69) is 27.1 Å². The van der Waals surface area contributed by atoms with Crippen LogP contribution in [0.3, 0.4) is 0 Å². The Bertz CT molecular complexity index is 2300. The molecule has 5 aliphatic rings. The van der Waals surface area contributed by atoms with Crippen LogP contribution >= 0.6 is 23.2 Å². The van der Waals surface area contributed by atoms with Gasteiger partial charge in [0.05, 0.1) is 40.3 Å². The number of aromatic nitrogens is 4. The van der Waals surface area contributed by atoms with Gasteiger partial charge in [-0.05, 0) is 62.3 Å². The van der Waals surface area contributed by atoms with Crippen LogP contribution in [-0.4, -0.2) is 55.4 Å². The monoisotopic (exact) mass is 747 g/mol. The Morgan fingerprint density at radius 3 is 2.69 bits per heavy atom. The zero-order chi connectivity index (χ0) is 36.0. The van der Waals surface area contributed by atoms with Crippen LogP contribution in [0.5, 0.6) is 5.88 Å². The topological polar surface area (TPSA) is 101 Å². The van der Waals surface area contributed by atoms with Gasteiger partial charge >= 0.3 is 6.55 Å². The molecule has 2 aromatic carbocycles. The third-order valence-corrected chi connectivity index (χ3v) is 12.1. The van der Waals surface area contributed by atoms with Gasteiger partial charge in [-0.3, -0.25) is 4.79 Å². The smallest absolute Gasteiger partial charge is 0.333 e. The zero-order valence-electron chi connectivity index (χ0n) is 28.1. The molecule has 1 N–H and O–H groups in total. The van der Waals surface area contributed by atoms with Crippen molar-refractivity contribution in [1.82, 2.24) is 29.5 Å². The van der Waals surface area contributed by atoms with Crippen LogP contribution in [0.1, 0.15) is 67.7 Å². The van der Waals surface area contributed by atoms with E-state index < -0.39 is 18.5 Å². The van der Waals surface area contributed by atoms with Gasteiger partial charge in [-0.2, -0.15) is 14.0 Å². The van der Waals surface area contributed by atoms with Gasteiger partial charge in [0.2, 0.25) is 11.8 Å². The molecule has 0 spiro atoms. The number of pyridine rings is 1. The van der Waals surface area contributed by atoms with Crippen molar-refractivity contribution in [2.45, 2.75) is 76.2 Å². The van der Waals surface area contributed by atoms with E-state index in [1.54, 1.807) is 18.2 Å². The number of alkyl halides is 2. The second-order valence-electron chi connectivity index (χ2n) is 14.4. The van der Waals surface area contributed by atoms with Crippen LogP contribution < -0.4 is 10.1 Å². The molecule has 5 fully saturated rings. The Labute approximate surface area is 307 Å². The molecule has 1 amide bonds. The summed E-state index contributed by atoms with van der Waals surface area (Å²) in [6, 6.07) is 12.6. The lowest BCUT2D eigenvalue weighted by molar-refractivity contribution is -0.133. The largest absolute Gasteiger partial charge is 0.471 e. The van der Waals surface area contributed by atoms with Crippen LogP contribution in [0.15, 0.2) is 42.6 Å². The number of hydrogen-bond donors (Lipinski definition) is 1. The van der Waals surface area contributed by atoms with Gasteiger partial charge in [0, 0.05) is 76.9 Å². The molecule has 5 aromatic rings. The minimum absolute atomic E-state index is 0.0494. The Hall–Kier alpha value is -4.31.